The van der Waals surface area contributed by atoms with Gasteiger partial charge in [-0.05, 0) is 66.3 Å². The van der Waals surface area contributed by atoms with Gasteiger partial charge in [-0.25, -0.2) is 4.98 Å². The van der Waals surface area contributed by atoms with Crippen molar-refractivity contribution in [2.45, 2.75) is 32.0 Å². The van der Waals surface area contributed by atoms with Crippen LogP contribution >= 0.6 is 0 Å². The fourth-order valence-corrected chi connectivity index (χ4v) is 4.93. The van der Waals surface area contributed by atoms with Crippen molar-refractivity contribution in [3.8, 4) is 11.1 Å². The molecule has 2 heterocycles. The number of hydrogen-bond donors (Lipinski definition) is 2. The molecule has 1 aliphatic rings. The Labute approximate surface area is 236 Å². The van der Waals surface area contributed by atoms with Crippen molar-refractivity contribution in [2.24, 2.45) is 7.05 Å². The number of carbonyl (C=O) groups excluding carboxylic acids is 2. The van der Waals surface area contributed by atoms with Crippen molar-refractivity contribution >= 4 is 23.3 Å². The number of anilines is 2. The van der Waals surface area contributed by atoms with Gasteiger partial charge in [0.25, 0.3) is 11.8 Å². The summed E-state index contributed by atoms with van der Waals surface area (Å²) in [5.41, 5.74) is 2.58. The number of carbonyl (C=O) groups is 2. The van der Waals surface area contributed by atoms with E-state index in [0.29, 0.717) is 17.7 Å². The lowest BCUT2D eigenvalue weighted by Crippen LogP contribution is -2.29. The highest BCUT2D eigenvalue weighted by molar-refractivity contribution is 6.08. The number of halogens is 3. The number of nitrogens with zero attached hydrogens (tertiary/aromatic N) is 3. The minimum atomic E-state index is -4.45. The molecule has 1 aliphatic heterocycles. The lowest BCUT2D eigenvalue weighted by molar-refractivity contribution is -0.137. The molecule has 5 rings (SSSR count). The number of benzene rings is 3. The van der Waals surface area contributed by atoms with Crippen LogP contribution in [0.25, 0.3) is 11.1 Å². The third-order valence-electron chi connectivity index (χ3n) is 7.13. The molecule has 0 saturated carbocycles. The summed E-state index contributed by atoms with van der Waals surface area (Å²) < 4.78 is 40.4. The Hall–Kier alpha value is -4.60. The number of alkyl halides is 3. The van der Waals surface area contributed by atoms with E-state index in [2.05, 4.69) is 32.7 Å². The molecule has 1 aromatic heterocycles. The second kappa shape index (κ2) is 11.9. The lowest BCUT2D eigenvalue weighted by Gasteiger charge is -2.28. The topological polar surface area (TPSA) is 79.3 Å². The fraction of sp³-hybridized carbons (Fsp3) is 0.258. The van der Waals surface area contributed by atoms with Gasteiger partial charge in [0.1, 0.15) is 0 Å². The predicted molar refractivity (Wildman–Crippen MR) is 152 cm³/mol. The third-order valence-corrected chi connectivity index (χ3v) is 7.13. The third kappa shape index (κ3) is 6.59. The largest absolute Gasteiger partial charge is 0.416 e. The van der Waals surface area contributed by atoms with E-state index in [1.807, 2.05) is 12.1 Å². The molecule has 0 radical (unpaired) electrons. The molecule has 7 nitrogen and oxygen atoms in total. The molecule has 2 amide bonds. The Morgan fingerprint density at radius 3 is 2.24 bits per heavy atom. The van der Waals surface area contributed by atoms with E-state index in [1.54, 1.807) is 31.3 Å². The average Bonchev–Trinajstić information content (AvgIpc) is 3.35. The Morgan fingerprint density at radius 2 is 1.56 bits per heavy atom. The average molecular weight is 562 g/mol. The monoisotopic (exact) mass is 561 g/mol. The van der Waals surface area contributed by atoms with Crippen LogP contribution in [0.2, 0.25) is 0 Å². The Bertz CT molecular complexity index is 1520. The molecule has 4 aromatic rings. The van der Waals surface area contributed by atoms with Crippen molar-refractivity contribution < 1.29 is 22.8 Å². The molecule has 0 aliphatic carbocycles. The molecule has 1 saturated heterocycles. The summed E-state index contributed by atoms with van der Waals surface area (Å²) in [6.07, 6.45) is 0.761. The fourth-order valence-electron chi connectivity index (χ4n) is 4.93. The Kier molecular flexibility index (Phi) is 8.09. The van der Waals surface area contributed by atoms with Crippen molar-refractivity contribution in [1.29, 1.82) is 0 Å². The van der Waals surface area contributed by atoms with Gasteiger partial charge in [0.2, 0.25) is 5.82 Å². The summed E-state index contributed by atoms with van der Waals surface area (Å²) in [4.78, 5) is 32.7. The normalized spacial score (nSPS) is 13.6. The molecule has 0 atom stereocenters. The highest BCUT2D eigenvalue weighted by atomic mass is 19.4. The molecule has 0 unspecified atom stereocenters. The van der Waals surface area contributed by atoms with Crippen LogP contribution in [0, 0.1) is 0 Å². The maximum absolute atomic E-state index is 13.1. The minimum absolute atomic E-state index is 0.126. The quantitative estimate of drug-likeness (QED) is 0.279. The Morgan fingerprint density at radius 1 is 0.878 bits per heavy atom. The van der Waals surface area contributed by atoms with Gasteiger partial charge in [0.15, 0.2) is 5.82 Å². The van der Waals surface area contributed by atoms with Gasteiger partial charge in [-0.2, -0.15) is 13.2 Å². The number of amides is 2. The molecule has 2 N–H and O–H groups in total. The summed E-state index contributed by atoms with van der Waals surface area (Å²) >= 11 is 0. The van der Waals surface area contributed by atoms with Gasteiger partial charge < -0.3 is 20.1 Å². The zero-order valence-corrected chi connectivity index (χ0v) is 22.5. The van der Waals surface area contributed by atoms with E-state index >= 15 is 0 Å². The minimum Gasteiger partial charge on any atom is -0.372 e. The smallest absolute Gasteiger partial charge is 0.372 e. The van der Waals surface area contributed by atoms with Crippen LogP contribution in [-0.2, 0) is 19.8 Å². The van der Waals surface area contributed by atoms with E-state index in [9.17, 15) is 22.8 Å². The van der Waals surface area contributed by atoms with E-state index < -0.39 is 23.6 Å². The van der Waals surface area contributed by atoms with Gasteiger partial charge >= 0.3 is 6.18 Å². The van der Waals surface area contributed by atoms with Crippen molar-refractivity contribution in [2.75, 3.05) is 23.3 Å². The summed E-state index contributed by atoms with van der Waals surface area (Å²) in [6, 6.07) is 19.4. The molecular formula is C31H30F3N5O2. The number of imidazole rings is 1. The zero-order chi connectivity index (χ0) is 29.0. The molecule has 0 bridgehead atoms. The molecule has 1 fully saturated rings. The number of nitrogens with one attached hydrogen (secondary N) is 2. The van der Waals surface area contributed by atoms with Crippen LogP contribution < -0.4 is 15.5 Å². The highest BCUT2D eigenvalue weighted by Gasteiger charge is 2.30. The van der Waals surface area contributed by atoms with E-state index in [4.69, 9.17) is 0 Å². The van der Waals surface area contributed by atoms with E-state index in [-0.39, 0.29) is 17.2 Å². The standard InChI is InChI=1S/C31H30F3N5O2/c1-38-20-27(36-28(38)30(41)35-19-21-9-15-24(16-10-21)39-17-5-2-6-18-39)37-29(40)26-8-4-3-7-25(26)22-11-13-23(14-12-22)31(32,33)34/h3-4,7-16,20H,2,5-6,17-19H2,1H3,(H,35,41)(H,37,40). The molecular weight excluding hydrogens is 531 g/mol. The van der Waals surface area contributed by atoms with E-state index in [1.165, 1.54) is 47.8 Å². The second-order valence-corrected chi connectivity index (χ2v) is 10.0. The first-order valence-electron chi connectivity index (χ1n) is 13.4. The van der Waals surface area contributed by atoms with Gasteiger partial charge in [0.05, 0.1) is 5.56 Å². The first-order valence-corrected chi connectivity index (χ1v) is 13.4. The lowest BCUT2D eigenvalue weighted by atomic mass is 9.98. The summed E-state index contributed by atoms with van der Waals surface area (Å²) in [6.45, 7) is 2.46. The van der Waals surface area contributed by atoms with Crippen molar-refractivity contribution in [3.05, 3.63) is 102 Å². The van der Waals surface area contributed by atoms with Gasteiger partial charge in [0, 0.05) is 44.1 Å². The number of hydrogen-bond acceptors (Lipinski definition) is 4. The van der Waals surface area contributed by atoms with Gasteiger partial charge in [-0.3, -0.25) is 9.59 Å². The molecule has 0 spiro atoms. The molecule has 10 heteroatoms. The summed E-state index contributed by atoms with van der Waals surface area (Å²) in [5, 5.41) is 5.57. The number of aromatic nitrogens is 2. The van der Waals surface area contributed by atoms with Crippen molar-refractivity contribution in [3.63, 3.8) is 0 Å². The van der Waals surface area contributed by atoms with Crippen LogP contribution in [0.1, 0.15) is 51.4 Å². The van der Waals surface area contributed by atoms with Gasteiger partial charge in [-0.15, -0.1) is 0 Å². The van der Waals surface area contributed by atoms with Gasteiger partial charge in [-0.1, -0.05) is 42.5 Å². The predicted octanol–water partition coefficient (Wildman–Crippen LogP) is 6.28. The SMILES string of the molecule is Cn1cc(NC(=O)c2ccccc2-c2ccc(C(F)(F)F)cc2)nc1C(=O)NCc1ccc(N2CCCCC2)cc1. The van der Waals surface area contributed by atoms with Crippen LogP contribution in [0.3, 0.4) is 0 Å². The van der Waals surface area contributed by atoms with Crippen molar-refractivity contribution in [1.82, 2.24) is 14.9 Å². The van der Waals surface area contributed by atoms with Crippen LogP contribution in [0.15, 0.2) is 79.0 Å². The van der Waals surface area contributed by atoms with Crippen LogP contribution in [0.5, 0.6) is 0 Å². The van der Waals surface area contributed by atoms with Crippen LogP contribution in [0.4, 0.5) is 24.7 Å². The first kappa shape index (κ1) is 27.9. The summed E-state index contributed by atoms with van der Waals surface area (Å²) in [7, 11) is 1.65. The number of piperidine rings is 1. The molecule has 212 valence electrons. The number of aryl methyl sites for hydroxylation is 1. The maximum Gasteiger partial charge on any atom is 0.416 e. The zero-order valence-electron chi connectivity index (χ0n) is 22.5. The second-order valence-electron chi connectivity index (χ2n) is 10.0. The molecule has 3 aromatic carbocycles. The summed E-state index contributed by atoms with van der Waals surface area (Å²) in [5.74, 6) is -0.588. The van der Waals surface area contributed by atoms with E-state index in [0.717, 1.165) is 30.8 Å². The molecule has 41 heavy (non-hydrogen) atoms. The van der Waals surface area contributed by atoms with Crippen LogP contribution in [-0.4, -0.2) is 34.5 Å². The number of rotatable bonds is 7. The highest BCUT2D eigenvalue weighted by Crippen LogP contribution is 2.32. The first-order chi connectivity index (χ1) is 19.7. The Balaban J connectivity index is 1.23. The maximum atomic E-state index is 13.1.